The molecule has 1 saturated heterocycles. The fraction of sp³-hybridized carbons (Fsp3) is 0.412. The van der Waals surface area contributed by atoms with E-state index in [9.17, 15) is 4.79 Å². The zero-order chi connectivity index (χ0) is 15.1. The average molecular weight is 296 g/mol. The first-order valence-electron chi connectivity index (χ1n) is 7.92. The predicted molar refractivity (Wildman–Crippen MR) is 87.3 cm³/mol. The van der Waals surface area contributed by atoms with Crippen LogP contribution in [0, 0.1) is 0 Å². The minimum absolute atomic E-state index is 0.373. The van der Waals surface area contributed by atoms with Gasteiger partial charge < -0.3 is 16.0 Å². The van der Waals surface area contributed by atoms with E-state index in [1.54, 1.807) is 0 Å². The van der Waals surface area contributed by atoms with Gasteiger partial charge >= 0.3 is 0 Å². The Bertz CT molecular complexity index is 733. The van der Waals surface area contributed by atoms with E-state index in [1.807, 2.05) is 12.1 Å². The second kappa shape index (κ2) is 5.25. The Morgan fingerprint density at radius 2 is 2.00 bits per heavy atom. The maximum atomic E-state index is 11.7. The van der Waals surface area contributed by atoms with Gasteiger partial charge in [0.2, 0.25) is 0 Å². The summed E-state index contributed by atoms with van der Waals surface area (Å²) in [6.45, 7) is 4.06. The van der Waals surface area contributed by atoms with E-state index in [-0.39, 0.29) is 5.91 Å². The molecule has 0 bridgehead atoms. The van der Waals surface area contributed by atoms with Gasteiger partial charge in [-0.1, -0.05) is 6.07 Å². The fourth-order valence-electron chi connectivity index (χ4n) is 3.16. The zero-order valence-corrected chi connectivity index (χ0v) is 12.5. The Morgan fingerprint density at radius 3 is 2.68 bits per heavy atom. The van der Waals surface area contributed by atoms with Gasteiger partial charge in [0.1, 0.15) is 0 Å². The summed E-state index contributed by atoms with van der Waals surface area (Å²) in [4.78, 5) is 18.8. The van der Waals surface area contributed by atoms with Crippen LogP contribution in [0.2, 0.25) is 0 Å². The van der Waals surface area contributed by atoms with Crippen molar-refractivity contribution in [3.05, 3.63) is 35.5 Å². The van der Waals surface area contributed by atoms with E-state index >= 15 is 0 Å². The van der Waals surface area contributed by atoms with E-state index in [2.05, 4.69) is 22.3 Å². The fourth-order valence-corrected chi connectivity index (χ4v) is 3.16. The van der Waals surface area contributed by atoms with Gasteiger partial charge in [-0.15, -0.1) is 0 Å². The molecule has 1 aliphatic heterocycles. The Hall–Kier alpha value is -2.14. The number of benzene rings is 1. The molecule has 2 aromatic rings. The van der Waals surface area contributed by atoms with Gasteiger partial charge in [0, 0.05) is 43.2 Å². The third-order valence-electron chi connectivity index (χ3n) is 4.54. The van der Waals surface area contributed by atoms with Crippen LogP contribution < -0.4 is 16.0 Å². The minimum Gasteiger partial charge on any atom is -0.369 e. The second-order valence-corrected chi connectivity index (χ2v) is 6.17. The molecule has 5 heteroatoms. The largest absolute Gasteiger partial charge is 0.369 e. The van der Waals surface area contributed by atoms with Gasteiger partial charge in [0.15, 0.2) is 0 Å². The van der Waals surface area contributed by atoms with Crippen molar-refractivity contribution < 1.29 is 4.79 Å². The smallest absolute Gasteiger partial charge is 0.250 e. The third-order valence-corrected chi connectivity index (χ3v) is 4.54. The highest BCUT2D eigenvalue weighted by Crippen LogP contribution is 2.41. The number of rotatable bonds is 3. The molecule has 3 N–H and O–H groups in total. The molecule has 1 amide bonds. The van der Waals surface area contributed by atoms with Crippen LogP contribution >= 0.6 is 0 Å². The lowest BCUT2D eigenvalue weighted by Gasteiger charge is -2.29. The van der Waals surface area contributed by atoms with Crippen LogP contribution in [0.1, 0.15) is 34.8 Å². The molecule has 0 spiro atoms. The van der Waals surface area contributed by atoms with Crippen molar-refractivity contribution in [2.24, 2.45) is 5.73 Å². The van der Waals surface area contributed by atoms with Gasteiger partial charge in [-0.25, -0.2) is 0 Å². The summed E-state index contributed by atoms with van der Waals surface area (Å²) in [5, 5.41) is 4.35. The van der Waals surface area contributed by atoms with Crippen molar-refractivity contribution in [1.82, 2.24) is 10.3 Å². The lowest BCUT2D eigenvalue weighted by molar-refractivity contribution is 0.0999. The summed E-state index contributed by atoms with van der Waals surface area (Å²) in [7, 11) is 0. The number of hydrogen-bond donors (Lipinski definition) is 2. The highest BCUT2D eigenvalue weighted by atomic mass is 16.1. The van der Waals surface area contributed by atoms with Crippen LogP contribution in [-0.4, -0.2) is 37.1 Å². The molecule has 114 valence electrons. The molecule has 22 heavy (non-hydrogen) atoms. The van der Waals surface area contributed by atoms with Gasteiger partial charge in [-0.3, -0.25) is 9.78 Å². The van der Waals surface area contributed by atoms with Crippen molar-refractivity contribution in [2.75, 3.05) is 31.1 Å². The number of carbonyl (C=O) groups is 1. The Kier molecular flexibility index (Phi) is 3.22. The molecule has 1 aliphatic carbocycles. The highest BCUT2D eigenvalue weighted by molar-refractivity contribution is 5.98. The molecule has 2 heterocycles. The number of nitrogens with two attached hydrogens (primary N) is 1. The van der Waals surface area contributed by atoms with Crippen LogP contribution in [0.4, 0.5) is 5.69 Å². The third kappa shape index (κ3) is 2.41. The minimum atomic E-state index is -0.373. The number of aromatic nitrogens is 1. The SMILES string of the molecule is NC(=O)c1cc2ccc(N3CCNCC3)cc2nc1C1CC1. The van der Waals surface area contributed by atoms with Crippen molar-refractivity contribution in [3.63, 3.8) is 0 Å². The topological polar surface area (TPSA) is 71.2 Å². The summed E-state index contributed by atoms with van der Waals surface area (Å²) in [6, 6.07) is 8.19. The van der Waals surface area contributed by atoms with Crippen LogP contribution in [0.3, 0.4) is 0 Å². The summed E-state index contributed by atoms with van der Waals surface area (Å²) in [6.07, 6.45) is 2.21. The summed E-state index contributed by atoms with van der Waals surface area (Å²) in [5.41, 5.74) is 9.16. The monoisotopic (exact) mass is 296 g/mol. The van der Waals surface area contributed by atoms with Crippen molar-refractivity contribution in [2.45, 2.75) is 18.8 Å². The van der Waals surface area contributed by atoms with Crippen molar-refractivity contribution in [1.29, 1.82) is 0 Å². The number of hydrogen-bond acceptors (Lipinski definition) is 4. The number of nitrogens with one attached hydrogen (secondary N) is 1. The van der Waals surface area contributed by atoms with Gasteiger partial charge in [-0.05, 0) is 31.0 Å². The lowest BCUT2D eigenvalue weighted by Crippen LogP contribution is -2.43. The van der Waals surface area contributed by atoms with Crippen LogP contribution in [0.25, 0.3) is 10.9 Å². The summed E-state index contributed by atoms with van der Waals surface area (Å²) >= 11 is 0. The number of amides is 1. The Morgan fingerprint density at radius 1 is 1.23 bits per heavy atom. The van der Waals surface area contributed by atoms with E-state index in [0.29, 0.717) is 11.5 Å². The van der Waals surface area contributed by atoms with Crippen LogP contribution in [0.15, 0.2) is 24.3 Å². The Balaban J connectivity index is 1.78. The van der Waals surface area contributed by atoms with Gasteiger partial charge in [-0.2, -0.15) is 0 Å². The highest BCUT2D eigenvalue weighted by Gasteiger charge is 2.29. The lowest BCUT2D eigenvalue weighted by atomic mass is 10.1. The van der Waals surface area contributed by atoms with Gasteiger partial charge in [0.05, 0.1) is 16.8 Å². The van der Waals surface area contributed by atoms with Gasteiger partial charge in [0.25, 0.3) is 5.91 Å². The number of carbonyl (C=O) groups excluding carboxylic acids is 1. The first-order chi connectivity index (χ1) is 10.7. The van der Waals surface area contributed by atoms with E-state index in [1.165, 1.54) is 5.69 Å². The first kappa shape index (κ1) is 13.5. The van der Waals surface area contributed by atoms with E-state index < -0.39 is 0 Å². The van der Waals surface area contributed by atoms with Crippen LogP contribution in [0.5, 0.6) is 0 Å². The number of primary amides is 1. The molecule has 2 fully saturated rings. The standard InChI is InChI=1S/C17H20N4O/c18-17(22)14-9-12-3-4-13(21-7-5-19-6-8-21)10-15(12)20-16(14)11-1-2-11/h3-4,9-11,19H,1-2,5-8H2,(H2,18,22). The molecule has 2 aliphatic rings. The molecule has 0 radical (unpaired) electrons. The number of anilines is 1. The van der Waals surface area contributed by atoms with E-state index in [0.717, 1.165) is 55.6 Å². The summed E-state index contributed by atoms with van der Waals surface area (Å²) in [5.74, 6) is 0.0391. The van der Waals surface area contributed by atoms with Crippen molar-refractivity contribution in [3.8, 4) is 0 Å². The molecular weight excluding hydrogens is 276 g/mol. The zero-order valence-electron chi connectivity index (χ0n) is 12.5. The first-order valence-corrected chi connectivity index (χ1v) is 7.92. The number of nitrogens with zero attached hydrogens (tertiary/aromatic N) is 2. The number of fused-ring (bicyclic) bond motifs is 1. The maximum absolute atomic E-state index is 11.7. The predicted octanol–water partition coefficient (Wildman–Crippen LogP) is 1.62. The molecule has 4 rings (SSSR count). The molecule has 1 saturated carbocycles. The summed E-state index contributed by atoms with van der Waals surface area (Å²) < 4.78 is 0. The number of pyridine rings is 1. The molecule has 5 nitrogen and oxygen atoms in total. The quantitative estimate of drug-likeness (QED) is 0.903. The maximum Gasteiger partial charge on any atom is 0.250 e. The van der Waals surface area contributed by atoms with Crippen molar-refractivity contribution >= 4 is 22.5 Å². The van der Waals surface area contributed by atoms with E-state index in [4.69, 9.17) is 10.7 Å². The molecule has 1 aromatic carbocycles. The molecule has 0 unspecified atom stereocenters. The average Bonchev–Trinajstić information content (AvgIpc) is 3.38. The molecular formula is C17H20N4O. The second-order valence-electron chi connectivity index (χ2n) is 6.17. The Labute approximate surface area is 129 Å². The normalized spacial score (nSPS) is 18.6. The molecule has 1 aromatic heterocycles. The number of piperazine rings is 1. The van der Waals surface area contributed by atoms with Crippen LogP contribution in [-0.2, 0) is 0 Å². The molecule has 0 atom stereocenters.